The predicted molar refractivity (Wildman–Crippen MR) is 94.4 cm³/mol. The summed E-state index contributed by atoms with van der Waals surface area (Å²) in [6.07, 6.45) is 3.00. The lowest BCUT2D eigenvalue weighted by Gasteiger charge is -2.07. The smallest absolute Gasteiger partial charge is 0.274 e. The fourth-order valence-corrected chi connectivity index (χ4v) is 2.45. The van der Waals surface area contributed by atoms with Crippen molar-refractivity contribution in [2.75, 3.05) is 5.32 Å². The van der Waals surface area contributed by atoms with E-state index in [0.717, 1.165) is 5.69 Å². The lowest BCUT2D eigenvalue weighted by atomic mass is 10.1. The molecule has 0 spiro atoms. The molecule has 25 heavy (non-hydrogen) atoms. The quantitative estimate of drug-likeness (QED) is 0.565. The van der Waals surface area contributed by atoms with Crippen LogP contribution in [0.1, 0.15) is 15.9 Å². The number of nitrogens with one attached hydrogen (secondary N) is 1. The van der Waals surface area contributed by atoms with Crippen LogP contribution in [0, 0.1) is 17.0 Å². The normalized spacial score (nSPS) is 10.5. The van der Waals surface area contributed by atoms with E-state index in [2.05, 4.69) is 10.4 Å². The van der Waals surface area contributed by atoms with Gasteiger partial charge in [0.25, 0.3) is 11.6 Å². The molecule has 8 heteroatoms. The van der Waals surface area contributed by atoms with Crippen molar-refractivity contribution in [1.82, 2.24) is 9.78 Å². The van der Waals surface area contributed by atoms with Crippen molar-refractivity contribution in [3.8, 4) is 5.69 Å². The number of anilines is 1. The Morgan fingerprint density at radius 3 is 2.64 bits per heavy atom. The van der Waals surface area contributed by atoms with Gasteiger partial charge >= 0.3 is 0 Å². The van der Waals surface area contributed by atoms with Gasteiger partial charge < -0.3 is 5.32 Å². The fraction of sp³-hybridized carbons (Fsp3) is 0.0588. The van der Waals surface area contributed by atoms with E-state index in [4.69, 9.17) is 11.6 Å². The zero-order valence-electron chi connectivity index (χ0n) is 13.1. The standard InChI is InChI=1S/C17H13ClN4O3/c1-11-15(3-2-4-16(11)22(24)25)20-17(23)12-9-19-21(10-12)14-7-5-13(18)6-8-14/h2-10H,1H3,(H,20,23). The Morgan fingerprint density at radius 2 is 1.96 bits per heavy atom. The van der Waals surface area contributed by atoms with Crippen LogP contribution < -0.4 is 5.32 Å². The van der Waals surface area contributed by atoms with Gasteiger partial charge in [-0.1, -0.05) is 17.7 Å². The first-order valence-electron chi connectivity index (χ1n) is 7.31. The van der Waals surface area contributed by atoms with Crippen LogP contribution in [0.15, 0.2) is 54.9 Å². The van der Waals surface area contributed by atoms with Crippen molar-refractivity contribution in [3.63, 3.8) is 0 Å². The Labute approximate surface area is 148 Å². The Kier molecular flexibility index (Phi) is 4.49. The van der Waals surface area contributed by atoms with Gasteiger partial charge in [0, 0.05) is 17.3 Å². The minimum Gasteiger partial charge on any atom is -0.321 e. The number of nitro groups is 1. The lowest BCUT2D eigenvalue weighted by Crippen LogP contribution is -2.12. The number of aromatic nitrogens is 2. The van der Waals surface area contributed by atoms with Crippen LogP contribution in [0.25, 0.3) is 5.69 Å². The van der Waals surface area contributed by atoms with Gasteiger partial charge in [0.1, 0.15) is 0 Å². The lowest BCUT2D eigenvalue weighted by molar-refractivity contribution is -0.385. The van der Waals surface area contributed by atoms with Crippen molar-refractivity contribution < 1.29 is 9.72 Å². The van der Waals surface area contributed by atoms with Crippen molar-refractivity contribution in [2.45, 2.75) is 6.92 Å². The highest BCUT2D eigenvalue weighted by Gasteiger charge is 2.16. The number of carbonyl (C=O) groups excluding carboxylic acids is 1. The second-order valence-corrected chi connectivity index (χ2v) is 5.75. The van der Waals surface area contributed by atoms with Crippen molar-refractivity contribution >= 4 is 28.9 Å². The van der Waals surface area contributed by atoms with Gasteiger partial charge in [-0.15, -0.1) is 0 Å². The maximum Gasteiger partial charge on any atom is 0.274 e. The molecule has 1 aromatic heterocycles. The summed E-state index contributed by atoms with van der Waals surface area (Å²) in [4.78, 5) is 22.9. The Hall–Kier alpha value is -3.19. The van der Waals surface area contributed by atoms with E-state index in [0.29, 0.717) is 21.8 Å². The first-order valence-corrected chi connectivity index (χ1v) is 7.69. The third-order valence-electron chi connectivity index (χ3n) is 3.69. The average molecular weight is 357 g/mol. The molecule has 0 saturated heterocycles. The van der Waals surface area contributed by atoms with E-state index in [1.165, 1.54) is 18.3 Å². The molecule has 0 aliphatic carbocycles. The third kappa shape index (κ3) is 3.51. The van der Waals surface area contributed by atoms with Crippen LogP contribution in [0.3, 0.4) is 0 Å². The third-order valence-corrected chi connectivity index (χ3v) is 3.94. The number of nitro benzene ring substituents is 1. The molecule has 0 bridgehead atoms. The van der Waals surface area contributed by atoms with Gasteiger partial charge in [0.15, 0.2) is 0 Å². The average Bonchev–Trinajstić information content (AvgIpc) is 3.07. The minimum atomic E-state index is -0.483. The van der Waals surface area contributed by atoms with Gasteiger partial charge in [0.2, 0.25) is 0 Å². The molecule has 0 aliphatic heterocycles. The van der Waals surface area contributed by atoms with Crippen LogP contribution in [0.5, 0.6) is 0 Å². The maximum atomic E-state index is 12.4. The summed E-state index contributed by atoms with van der Waals surface area (Å²) in [5, 5.41) is 18.4. The molecule has 0 radical (unpaired) electrons. The van der Waals surface area contributed by atoms with Crippen LogP contribution in [0.4, 0.5) is 11.4 Å². The summed E-state index contributed by atoms with van der Waals surface area (Å²) in [6, 6.07) is 11.5. The molecule has 7 nitrogen and oxygen atoms in total. The molecular weight excluding hydrogens is 344 g/mol. The molecule has 0 unspecified atom stereocenters. The number of halogens is 1. The number of nitrogens with zero attached hydrogens (tertiary/aromatic N) is 3. The van der Waals surface area contributed by atoms with Gasteiger partial charge in [-0.05, 0) is 37.3 Å². The summed E-state index contributed by atoms with van der Waals surface area (Å²) in [7, 11) is 0. The first-order chi connectivity index (χ1) is 12.0. The Balaban J connectivity index is 1.82. The van der Waals surface area contributed by atoms with Crippen LogP contribution >= 0.6 is 11.6 Å². The van der Waals surface area contributed by atoms with Gasteiger partial charge in [-0.3, -0.25) is 14.9 Å². The van der Waals surface area contributed by atoms with E-state index in [-0.39, 0.29) is 5.69 Å². The SMILES string of the molecule is Cc1c(NC(=O)c2cnn(-c3ccc(Cl)cc3)c2)cccc1[N+](=O)[O-]. The number of rotatable bonds is 4. The molecule has 126 valence electrons. The van der Waals surface area contributed by atoms with Crippen molar-refractivity contribution in [3.05, 3.63) is 81.1 Å². The molecule has 0 aliphatic rings. The molecule has 2 aromatic carbocycles. The number of hydrogen-bond donors (Lipinski definition) is 1. The predicted octanol–water partition coefficient (Wildman–Crippen LogP) is 3.99. The second kappa shape index (κ2) is 6.74. The Morgan fingerprint density at radius 1 is 1.24 bits per heavy atom. The summed E-state index contributed by atoms with van der Waals surface area (Å²) in [6.45, 7) is 1.59. The van der Waals surface area contributed by atoms with Crippen LogP contribution in [-0.2, 0) is 0 Å². The van der Waals surface area contributed by atoms with Crippen LogP contribution in [0.2, 0.25) is 5.02 Å². The number of benzene rings is 2. The van der Waals surface area contributed by atoms with Gasteiger partial charge in [-0.25, -0.2) is 4.68 Å². The highest BCUT2D eigenvalue weighted by atomic mass is 35.5. The van der Waals surface area contributed by atoms with E-state index in [9.17, 15) is 14.9 Å². The molecule has 0 fully saturated rings. The summed E-state index contributed by atoms with van der Waals surface area (Å²) < 4.78 is 1.55. The van der Waals surface area contributed by atoms with E-state index < -0.39 is 10.8 Å². The second-order valence-electron chi connectivity index (χ2n) is 5.31. The molecule has 1 N–H and O–H groups in total. The largest absolute Gasteiger partial charge is 0.321 e. The zero-order chi connectivity index (χ0) is 18.0. The minimum absolute atomic E-state index is 0.0466. The monoisotopic (exact) mass is 356 g/mol. The molecule has 0 saturated carbocycles. The summed E-state index contributed by atoms with van der Waals surface area (Å²) in [5.41, 5.74) is 1.83. The number of hydrogen-bond acceptors (Lipinski definition) is 4. The molecular formula is C17H13ClN4O3. The molecule has 0 atom stereocenters. The van der Waals surface area contributed by atoms with Gasteiger partial charge in [-0.2, -0.15) is 5.10 Å². The van der Waals surface area contributed by atoms with Gasteiger partial charge in [0.05, 0.1) is 33.6 Å². The number of amides is 1. The van der Waals surface area contributed by atoms with Crippen LogP contribution in [-0.4, -0.2) is 20.6 Å². The first kappa shape index (κ1) is 16.7. The summed E-state index contributed by atoms with van der Waals surface area (Å²) in [5.74, 6) is -0.399. The van der Waals surface area contributed by atoms with E-state index >= 15 is 0 Å². The highest BCUT2D eigenvalue weighted by Crippen LogP contribution is 2.25. The van der Waals surface area contributed by atoms with Crippen molar-refractivity contribution in [2.24, 2.45) is 0 Å². The highest BCUT2D eigenvalue weighted by molar-refractivity contribution is 6.30. The summed E-state index contributed by atoms with van der Waals surface area (Å²) >= 11 is 5.85. The molecule has 1 amide bonds. The fourth-order valence-electron chi connectivity index (χ4n) is 2.33. The molecule has 1 heterocycles. The molecule has 3 aromatic rings. The van der Waals surface area contributed by atoms with E-state index in [1.807, 2.05) is 0 Å². The van der Waals surface area contributed by atoms with E-state index in [1.54, 1.807) is 48.1 Å². The number of carbonyl (C=O) groups is 1. The zero-order valence-corrected chi connectivity index (χ0v) is 13.9. The van der Waals surface area contributed by atoms with Crippen molar-refractivity contribution in [1.29, 1.82) is 0 Å². The topological polar surface area (TPSA) is 90.1 Å². The molecule has 3 rings (SSSR count). The maximum absolute atomic E-state index is 12.4. The Bertz CT molecular complexity index is 951.